The van der Waals surface area contributed by atoms with Crippen LogP contribution in [-0.4, -0.2) is 20.8 Å². The summed E-state index contributed by atoms with van der Waals surface area (Å²) in [6, 6.07) is 4.31. The van der Waals surface area contributed by atoms with Gasteiger partial charge in [-0.25, -0.2) is 9.18 Å². The van der Waals surface area contributed by atoms with E-state index in [4.69, 9.17) is 5.11 Å². The van der Waals surface area contributed by atoms with E-state index in [9.17, 15) is 9.18 Å². The highest BCUT2D eigenvalue weighted by molar-refractivity contribution is 5.41. The van der Waals surface area contributed by atoms with Crippen molar-refractivity contribution in [1.82, 2.24) is 9.13 Å². The van der Waals surface area contributed by atoms with Gasteiger partial charge in [-0.3, -0.25) is 4.57 Å². The van der Waals surface area contributed by atoms with Gasteiger partial charge >= 0.3 is 5.69 Å². The summed E-state index contributed by atoms with van der Waals surface area (Å²) in [6.07, 6.45) is 3.68. The molecule has 0 aliphatic heterocycles. The summed E-state index contributed by atoms with van der Waals surface area (Å²) in [5, 5.41) is 8.72. The van der Waals surface area contributed by atoms with Crippen molar-refractivity contribution in [2.45, 2.75) is 13.0 Å². The van der Waals surface area contributed by atoms with Gasteiger partial charge in [-0.1, -0.05) is 17.9 Å². The van der Waals surface area contributed by atoms with Gasteiger partial charge in [0.15, 0.2) is 0 Å². The molecule has 0 aliphatic rings. The third kappa shape index (κ3) is 3.16. The monoisotopic (exact) mass is 274 g/mol. The van der Waals surface area contributed by atoms with Gasteiger partial charge in [0.25, 0.3) is 0 Å². The number of benzene rings is 1. The van der Waals surface area contributed by atoms with E-state index < -0.39 is 0 Å². The third-order valence-electron chi connectivity index (χ3n) is 2.89. The number of aliphatic hydroxyl groups excluding tert-OH is 1. The first-order chi connectivity index (χ1) is 9.61. The zero-order chi connectivity index (χ0) is 14.5. The fraction of sp³-hybridized carbons (Fsp3) is 0.267. The Morgan fingerprint density at radius 1 is 1.35 bits per heavy atom. The first kappa shape index (κ1) is 14.1. The molecule has 104 valence electrons. The molecule has 1 N–H and O–H groups in total. The molecule has 0 bridgehead atoms. The Morgan fingerprint density at radius 2 is 2.15 bits per heavy atom. The molecule has 2 aromatic rings. The van der Waals surface area contributed by atoms with E-state index >= 15 is 0 Å². The minimum Gasteiger partial charge on any atom is -0.395 e. The molecule has 1 heterocycles. The van der Waals surface area contributed by atoms with E-state index in [1.807, 2.05) is 0 Å². The van der Waals surface area contributed by atoms with Gasteiger partial charge < -0.3 is 9.67 Å². The van der Waals surface area contributed by atoms with Crippen LogP contribution in [0.2, 0.25) is 0 Å². The maximum Gasteiger partial charge on any atom is 0.328 e. The predicted octanol–water partition coefficient (Wildman–Crippen LogP) is 1.11. The van der Waals surface area contributed by atoms with Crippen LogP contribution in [0, 0.1) is 17.7 Å². The fourth-order valence-electron chi connectivity index (χ4n) is 1.83. The van der Waals surface area contributed by atoms with Gasteiger partial charge in [-0.2, -0.15) is 0 Å². The molecule has 0 amide bonds. The topological polar surface area (TPSA) is 47.2 Å². The zero-order valence-corrected chi connectivity index (χ0v) is 11.1. The standard InChI is InChI=1S/C15H15FN2O2/c1-17-7-8-18(15(17)20)11-13-5-6-14(16)10-12(13)4-2-3-9-19/h5-8,10,19H,3,9,11H2,1H3. The predicted molar refractivity (Wildman–Crippen MR) is 73.8 cm³/mol. The second-order valence-corrected chi connectivity index (χ2v) is 4.40. The van der Waals surface area contributed by atoms with Gasteiger partial charge in [-0.05, 0) is 17.7 Å². The summed E-state index contributed by atoms with van der Waals surface area (Å²) in [5.74, 6) is 5.22. The first-order valence-electron chi connectivity index (χ1n) is 6.21. The highest BCUT2D eigenvalue weighted by Crippen LogP contribution is 2.11. The minimum atomic E-state index is -0.373. The lowest BCUT2D eigenvalue weighted by Gasteiger charge is -2.05. The maximum absolute atomic E-state index is 13.3. The average Bonchev–Trinajstić information content (AvgIpc) is 2.74. The Morgan fingerprint density at radius 3 is 2.80 bits per heavy atom. The van der Waals surface area contributed by atoms with Gasteiger partial charge in [0.1, 0.15) is 5.82 Å². The molecular weight excluding hydrogens is 259 g/mol. The van der Waals surface area contributed by atoms with E-state index in [2.05, 4.69) is 11.8 Å². The van der Waals surface area contributed by atoms with Gasteiger partial charge in [0, 0.05) is 31.4 Å². The second kappa shape index (κ2) is 6.22. The number of hydrogen-bond donors (Lipinski definition) is 1. The van der Waals surface area contributed by atoms with Crippen molar-refractivity contribution in [3.8, 4) is 11.8 Å². The van der Waals surface area contributed by atoms with Crippen molar-refractivity contribution in [1.29, 1.82) is 0 Å². The maximum atomic E-state index is 13.3. The quantitative estimate of drug-likeness (QED) is 0.852. The number of halogens is 1. The van der Waals surface area contributed by atoms with Crippen molar-refractivity contribution in [2.75, 3.05) is 6.61 Å². The molecule has 0 atom stereocenters. The van der Waals surface area contributed by atoms with E-state index in [-0.39, 0.29) is 18.1 Å². The summed E-state index contributed by atoms with van der Waals surface area (Å²) in [7, 11) is 1.67. The molecule has 0 saturated heterocycles. The zero-order valence-electron chi connectivity index (χ0n) is 11.1. The molecule has 1 aromatic heterocycles. The van der Waals surface area contributed by atoms with E-state index in [0.29, 0.717) is 18.5 Å². The minimum absolute atomic E-state index is 0.0320. The molecular formula is C15H15FN2O2. The summed E-state index contributed by atoms with van der Waals surface area (Å²) < 4.78 is 16.3. The van der Waals surface area contributed by atoms with Crippen LogP contribution in [0.15, 0.2) is 35.4 Å². The summed E-state index contributed by atoms with van der Waals surface area (Å²) >= 11 is 0. The molecule has 0 saturated carbocycles. The van der Waals surface area contributed by atoms with Crippen LogP contribution in [0.25, 0.3) is 0 Å². The Bertz CT molecular complexity index is 719. The molecule has 2 rings (SSSR count). The van der Waals surface area contributed by atoms with Crippen molar-refractivity contribution in [2.24, 2.45) is 7.05 Å². The van der Waals surface area contributed by atoms with Gasteiger partial charge in [-0.15, -0.1) is 0 Å². The number of imidazole rings is 1. The lowest BCUT2D eigenvalue weighted by Crippen LogP contribution is -2.22. The summed E-state index contributed by atoms with van der Waals surface area (Å²) in [4.78, 5) is 11.8. The molecule has 0 spiro atoms. The smallest absolute Gasteiger partial charge is 0.328 e. The van der Waals surface area contributed by atoms with Crippen LogP contribution in [0.5, 0.6) is 0 Å². The lowest BCUT2D eigenvalue weighted by molar-refractivity contribution is 0.305. The van der Waals surface area contributed by atoms with Crippen molar-refractivity contribution in [3.63, 3.8) is 0 Å². The molecule has 5 heteroatoms. The van der Waals surface area contributed by atoms with Crippen molar-refractivity contribution < 1.29 is 9.50 Å². The average molecular weight is 274 g/mol. The second-order valence-electron chi connectivity index (χ2n) is 4.40. The first-order valence-corrected chi connectivity index (χ1v) is 6.21. The van der Waals surface area contributed by atoms with Crippen molar-refractivity contribution in [3.05, 3.63) is 58.0 Å². The number of aliphatic hydroxyl groups is 1. The fourth-order valence-corrected chi connectivity index (χ4v) is 1.83. The molecule has 4 nitrogen and oxygen atoms in total. The van der Waals surface area contributed by atoms with Crippen LogP contribution in [0.4, 0.5) is 4.39 Å². The highest BCUT2D eigenvalue weighted by atomic mass is 19.1. The Kier molecular flexibility index (Phi) is 4.38. The molecule has 20 heavy (non-hydrogen) atoms. The normalized spacial score (nSPS) is 10.2. The number of aryl methyl sites for hydroxylation is 1. The van der Waals surface area contributed by atoms with Crippen molar-refractivity contribution >= 4 is 0 Å². The Hall–Kier alpha value is -2.32. The molecule has 0 aliphatic carbocycles. The molecule has 0 fully saturated rings. The third-order valence-corrected chi connectivity index (χ3v) is 2.89. The number of aromatic nitrogens is 2. The van der Waals surface area contributed by atoms with Crippen LogP contribution < -0.4 is 5.69 Å². The SMILES string of the molecule is Cn1ccn(Cc2ccc(F)cc2C#CCCO)c1=O. The summed E-state index contributed by atoms with van der Waals surface area (Å²) in [5.41, 5.74) is 1.17. The van der Waals surface area contributed by atoms with Gasteiger partial charge in [0.05, 0.1) is 13.2 Å². The van der Waals surface area contributed by atoms with Gasteiger partial charge in [0.2, 0.25) is 0 Å². The van der Waals surface area contributed by atoms with E-state index in [1.54, 1.807) is 25.5 Å². The number of rotatable bonds is 3. The van der Waals surface area contributed by atoms with Crippen LogP contribution in [0.1, 0.15) is 17.5 Å². The molecule has 1 aromatic carbocycles. The largest absolute Gasteiger partial charge is 0.395 e. The Balaban J connectivity index is 2.34. The highest BCUT2D eigenvalue weighted by Gasteiger charge is 2.06. The lowest BCUT2D eigenvalue weighted by atomic mass is 10.1. The van der Waals surface area contributed by atoms with Crippen LogP contribution >= 0.6 is 0 Å². The summed E-state index contributed by atoms with van der Waals surface area (Å²) in [6.45, 7) is 0.304. The Labute approximate surface area is 116 Å². The number of hydrogen-bond acceptors (Lipinski definition) is 2. The van der Waals surface area contributed by atoms with E-state index in [0.717, 1.165) is 5.56 Å². The van der Waals surface area contributed by atoms with Crippen LogP contribution in [0.3, 0.4) is 0 Å². The number of nitrogens with zero attached hydrogens (tertiary/aromatic N) is 2. The molecule has 0 unspecified atom stereocenters. The van der Waals surface area contributed by atoms with E-state index in [1.165, 1.54) is 21.3 Å². The van der Waals surface area contributed by atoms with Crippen LogP contribution in [-0.2, 0) is 13.6 Å². The molecule has 0 radical (unpaired) electrons.